The van der Waals surface area contributed by atoms with E-state index in [1.54, 1.807) is 6.07 Å². The van der Waals surface area contributed by atoms with E-state index in [9.17, 15) is 10.1 Å². The largest absolute Gasteiger partial charge is 0.433 e. The van der Waals surface area contributed by atoms with Gasteiger partial charge in [0.05, 0.1) is 12.6 Å². The van der Waals surface area contributed by atoms with Gasteiger partial charge in [0.2, 0.25) is 0 Å². The summed E-state index contributed by atoms with van der Waals surface area (Å²) in [6, 6.07) is 2.97. The molecule has 0 atom stereocenters. The zero-order valence-electron chi connectivity index (χ0n) is 9.52. The second kappa shape index (κ2) is 4.85. The van der Waals surface area contributed by atoms with Gasteiger partial charge in [-0.05, 0) is 30.7 Å². The minimum atomic E-state index is -0.544. The topological polar surface area (TPSA) is 88.5 Å². The molecule has 1 aliphatic carbocycles. The molecule has 1 aromatic rings. The van der Waals surface area contributed by atoms with Gasteiger partial charge in [-0.15, -0.1) is 0 Å². The highest BCUT2D eigenvalue weighted by molar-refractivity contribution is 5.17. The smallest absolute Gasteiger partial charge is 0.404 e. The van der Waals surface area contributed by atoms with Crippen molar-refractivity contribution >= 4 is 5.88 Å². The van der Waals surface area contributed by atoms with Gasteiger partial charge in [-0.3, -0.25) is 10.1 Å². The zero-order valence-corrected chi connectivity index (χ0v) is 9.52. The van der Waals surface area contributed by atoms with E-state index in [2.05, 4.69) is 5.32 Å². The lowest BCUT2D eigenvalue weighted by molar-refractivity contribution is -0.402. The Balaban J connectivity index is 1.76. The molecule has 0 amide bonds. The van der Waals surface area contributed by atoms with Crippen molar-refractivity contribution in [1.82, 2.24) is 5.32 Å². The Morgan fingerprint density at radius 2 is 2.29 bits per heavy atom. The van der Waals surface area contributed by atoms with E-state index >= 15 is 0 Å². The van der Waals surface area contributed by atoms with Crippen LogP contribution in [0, 0.1) is 15.5 Å². The van der Waals surface area contributed by atoms with Crippen LogP contribution in [0.15, 0.2) is 16.5 Å². The molecule has 0 bridgehead atoms. The average molecular weight is 240 g/mol. The minimum absolute atomic E-state index is 0.216. The van der Waals surface area contributed by atoms with Gasteiger partial charge in [0, 0.05) is 13.2 Å². The highest BCUT2D eigenvalue weighted by Crippen LogP contribution is 2.47. The molecule has 2 rings (SSSR count). The van der Waals surface area contributed by atoms with Crippen LogP contribution in [0.1, 0.15) is 25.0 Å². The van der Waals surface area contributed by atoms with Crippen LogP contribution in [-0.4, -0.2) is 23.2 Å². The van der Waals surface area contributed by atoms with Gasteiger partial charge in [0.1, 0.15) is 10.7 Å². The monoisotopic (exact) mass is 240 g/mol. The van der Waals surface area contributed by atoms with Gasteiger partial charge >= 0.3 is 5.88 Å². The Labute approximate surface area is 98.8 Å². The summed E-state index contributed by atoms with van der Waals surface area (Å²) < 4.78 is 5.03. The summed E-state index contributed by atoms with van der Waals surface area (Å²) in [5.41, 5.74) is 0.243. The Hall–Kier alpha value is -1.40. The van der Waals surface area contributed by atoms with Crippen LogP contribution in [0.2, 0.25) is 0 Å². The first kappa shape index (κ1) is 12.1. The van der Waals surface area contributed by atoms with E-state index in [-0.39, 0.29) is 17.9 Å². The van der Waals surface area contributed by atoms with Crippen molar-refractivity contribution in [3.8, 4) is 0 Å². The number of furan rings is 1. The third kappa shape index (κ3) is 3.04. The molecule has 2 N–H and O–H groups in total. The summed E-state index contributed by atoms with van der Waals surface area (Å²) in [6.45, 7) is 1.52. The summed E-state index contributed by atoms with van der Waals surface area (Å²) >= 11 is 0. The number of aliphatic hydroxyl groups is 1. The fraction of sp³-hybridized carbons (Fsp3) is 0.636. The maximum Gasteiger partial charge on any atom is 0.433 e. The molecule has 0 saturated heterocycles. The molecule has 0 unspecified atom stereocenters. The van der Waals surface area contributed by atoms with Crippen LogP contribution in [0.4, 0.5) is 5.88 Å². The Morgan fingerprint density at radius 3 is 2.82 bits per heavy atom. The minimum Gasteiger partial charge on any atom is -0.404 e. The van der Waals surface area contributed by atoms with Crippen LogP contribution in [-0.2, 0) is 6.54 Å². The molecule has 6 nitrogen and oxygen atoms in total. The number of nitrogens with zero attached hydrogens (tertiary/aromatic N) is 1. The molecule has 94 valence electrons. The normalized spacial score (nSPS) is 17.0. The van der Waals surface area contributed by atoms with E-state index in [4.69, 9.17) is 9.52 Å². The van der Waals surface area contributed by atoms with Gasteiger partial charge in [-0.2, -0.15) is 0 Å². The quantitative estimate of drug-likeness (QED) is 0.556. The lowest BCUT2D eigenvalue weighted by atomic mass is 10.0. The van der Waals surface area contributed by atoms with E-state index in [0.29, 0.717) is 12.3 Å². The summed E-state index contributed by atoms with van der Waals surface area (Å²) in [6.07, 6.45) is 3.09. The van der Waals surface area contributed by atoms with Crippen molar-refractivity contribution in [2.45, 2.75) is 25.8 Å². The standard InChI is InChI=1S/C11H16N2O4/c14-6-5-11(3-4-11)8-12-7-9-1-2-10(17-9)13(15)16/h1-2,12,14H,3-8H2. The van der Waals surface area contributed by atoms with Gasteiger partial charge in [0.25, 0.3) is 0 Å². The lowest BCUT2D eigenvalue weighted by Gasteiger charge is -2.13. The number of rotatable bonds is 7. The Bertz CT molecular complexity index is 398. The lowest BCUT2D eigenvalue weighted by Crippen LogP contribution is -2.24. The van der Waals surface area contributed by atoms with Crippen LogP contribution >= 0.6 is 0 Å². The first-order chi connectivity index (χ1) is 8.15. The van der Waals surface area contributed by atoms with Crippen LogP contribution in [0.5, 0.6) is 0 Å². The van der Waals surface area contributed by atoms with Crippen molar-refractivity contribution in [2.75, 3.05) is 13.2 Å². The molecule has 0 radical (unpaired) electrons. The van der Waals surface area contributed by atoms with Crippen LogP contribution < -0.4 is 5.32 Å². The van der Waals surface area contributed by atoms with Crippen molar-refractivity contribution < 1.29 is 14.4 Å². The van der Waals surface area contributed by atoms with Crippen molar-refractivity contribution in [3.05, 3.63) is 28.0 Å². The van der Waals surface area contributed by atoms with Crippen molar-refractivity contribution in [1.29, 1.82) is 0 Å². The SMILES string of the molecule is O=[N+]([O-])c1ccc(CNCC2(CCO)CC2)o1. The summed E-state index contributed by atoms with van der Waals surface area (Å²) in [5, 5.41) is 22.5. The molecule has 1 aliphatic rings. The first-order valence-corrected chi connectivity index (χ1v) is 5.70. The molecule has 1 fully saturated rings. The first-order valence-electron chi connectivity index (χ1n) is 5.70. The third-order valence-corrected chi connectivity index (χ3v) is 3.23. The van der Waals surface area contributed by atoms with Crippen molar-refractivity contribution in [2.24, 2.45) is 5.41 Å². The molecule has 0 aliphatic heterocycles. The maximum atomic E-state index is 10.4. The molecular formula is C11H16N2O4. The molecule has 6 heteroatoms. The van der Waals surface area contributed by atoms with Crippen LogP contribution in [0.3, 0.4) is 0 Å². The number of nitro groups is 1. The molecule has 1 saturated carbocycles. The highest BCUT2D eigenvalue weighted by atomic mass is 16.6. The molecule has 1 heterocycles. The molecule has 17 heavy (non-hydrogen) atoms. The molecular weight excluding hydrogens is 224 g/mol. The second-order valence-corrected chi connectivity index (χ2v) is 4.57. The number of nitrogens with one attached hydrogen (secondary N) is 1. The van der Waals surface area contributed by atoms with E-state index in [1.807, 2.05) is 0 Å². The average Bonchev–Trinajstić information content (AvgIpc) is 2.88. The number of aliphatic hydroxyl groups excluding tert-OH is 1. The fourth-order valence-electron chi connectivity index (χ4n) is 1.94. The summed E-state index contributed by atoms with van der Waals surface area (Å²) in [4.78, 5) is 9.86. The van der Waals surface area contributed by atoms with Gasteiger partial charge in [-0.25, -0.2) is 0 Å². The van der Waals surface area contributed by atoms with Gasteiger partial charge < -0.3 is 14.8 Å². The highest BCUT2D eigenvalue weighted by Gasteiger charge is 2.41. The third-order valence-electron chi connectivity index (χ3n) is 3.23. The predicted molar refractivity (Wildman–Crippen MR) is 60.4 cm³/mol. The van der Waals surface area contributed by atoms with E-state index < -0.39 is 4.92 Å². The zero-order chi connectivity index (χ0) is 12.3. The van der Waals surface area contributed by atoms with Gasteiger partial charge in [-0.1, -0.05) is 0 Å². The number of hydrogen-bond donors (Lipinski definition) is 2. The molecule has 0 spiro atoms. The Morgan fingerprint density at radius 1 is 1.53 bits per heavy atom. The van der Waals surface area contributed by atoms with Crippen molar-refractivity contribution in [3.63, 3.8) is 0 Å². The number of hydrogen-bond acceptors (Lipinski definition) is 5. The van der Waals surface area contributed by atoms with E-state index in [0.717, 1.165) is 25.8 Å². The van der Waals surface area contributed by atoms with Crippen LogP contribution in [0.25, 0.3) is 0 Å². The van der Waals surface area contributed by atoms with E-state index in [1.165, 1.54) is 6.07 Å². The summed E-state index contributed by atoms with van der Waals surface area (Å²) in [5.74, 6) is 0.342. The van der Waals surface area contributed by atoms with Gasteiger partial charge in [0.15, 0.2) is 0 Å². The predicted octanol–water partition coefficient (Wildman–Crippen LogP) is 1.44. The fourth-order valence-corrected chi connectivity index (χ4v) is 1.94. The maximum absolute atomic E-state index is 10.4. The molecule has 0 aromatic carbocycles. The Kier molecular flexibility index (Phi) is 3.44. The molecule has 1 aromatic heterocycles. The second-order valence-electron chi connectivity index (χ2n) is 4.57. The summed E-state index contributed by atoms with van der Waals surface area (Å²) in [7, 11) is 0.